The average Bonchev–Trinajstić information content (AvgIpc) is 2.90. The number of hydrogen-bond donors (Lipinski definition) is 0. The summed E-state index contributed by atoms with van der Waals surface area (Å²) in [6.07, 6.45) is 32.4. The minimum Gasteiger partial charge on any atom is -0.466 e. The van der Waals surface area contributed by atoms with Crippen molar-refractivity contribution in [1.82, 2.24) is 0 Å². The molecule has 0 aromatic heterocycles. The molecule has 4 nitrogen and oxygen atoms in total. The van der Waals surface area contributed by atoms with E-state index < -0.39 is 0 Å². The van der Waals surface area contributed by atoms with Crippen LogP contribution in [-0.4, -0.2) is 24.6 Å². The van der Waals surface area contributed by atoms with E-state index in [2.05, 4.69) is 13.8 Å². The maximum atomic E-state index is 12.0. The predicted octanol–water partition coefficient (Wildman–Crippen LogP) is 11.0. The van der Waals surface area contributed by atoms with Gasteiger partial charge in [0.05, 0.1) is 6.61 Å². The van der Waals surface area contributed by atoms with Gasteiger partial charge in [-0.15, -0.1) is 0 Å². The quantitative estimate of drug-likeness (QED) is 0.0674. The van der Waals surface area contributed by atoms with Gasteiger partial charge in [-0.05, 0) is 19.8 Å². The number of carbonyl (C=O) groups is 2. The molecule has 0 N–H and O–H groups in total. The fourth-order valence-electron chi connectivity index (χ4n) is 4.97. The summed E-state index contributed by atoms with van der Waals surface area (Å²) < 4.78 is 10.8. The molecular formula is C34H66O4. The van der Waals surface area contributed by atoms with E-state index in [1.165, 1.54) is 128 Å². The van der Waals surface area contributed by atoms with Crippen molar-refractivity contribution in [2.45, 2.75) is 200 Å². The number of hydrogen-bond acceptors (Lipinski definition) is 4. The van der Waals surface area contributed by atoms with Crippen molar-refractivity contribution in [3.05, 3.63) is 0 Å². The van der Waals surface area contributed by atoms with Gasteiger partial charge in [0.1, 0.15) is 6.10 Å². The van der Waals surface area contributed by atoms with Crippen LogP contribution in [0.2, 0.25) is 0 Å². The Morgan fingerprint density at radius 2 is 0.789 bits per heavy atom. The highest BCUT2D eigenvalue weighted by atomic mass is 16.6. The lowest BCUT2D eigenvalue weighted by Crippen LogP contribution is -2.18. The Balaban J connectivity index is 3.40. The lowest BCUT2D eigenvalue weighted by Gasteiger charge is -2.13. The Kier molecular flexibility index (Phi) is 29.6. The second-order valence-corrected chi connectivity index (χ2v) is 11.6. The molecule has 0 saturated heterocycles. The van der Waals surface area contributed by atoms with E-state index in [4.69, 9.17) is 9.47 Å². The third-order valence-electron chi connectivity index (χ3n) is 7.59. The summed E-state index contributed by atoms with van der Waals surface area (Å²) in [5, 5.41) is 0. The number of ether oxygens (including phenoxy) is 2. The molecule has 0 aromatic rings. The molecule has 0 saturated carbocycles. The molecular weight excluding hydrogens is 472 g/mol. The van der Waals surface area contributed by atoms with Crippen molar-refractivity contribution in [3.63, 3.8) is 0 Å². The Hall–Kier alpha value is -1.06. The van der Waals surface area contributed by atoms with Gasteiger partial charge in [0.2, 0.25) is 0 Å². The van der Waals surface area contributed by atoms with Crippen LogP contribution in [0.4, 0.5) is 0 Å². The van der Waals surface area contributed by atoms with Crippen molar-refractivity contribution < 1.29 is 19.1 Å². The average molecular weight is 539 g/mol. The molecule has 38 heavy (non-hydrogen) atoms. The normalized spacial score (nSPS) is 12.0. The van der Waals surface area contributed by atoms with Gasteiger partial charge in [-0.25, -0.2) is 0 Å². The van der Waals surface area contributed by atoms with Gasteiger partial charge in [0.25, 0.3) is 0 Å². The first kappa shape index (κ1) is 36.9. The molecule has 1 atom stereocenters. The van der Waals surface area contributed by atoms with Gasteiger partial charge in [0.15, 0.2) is 0 Å². The molecule has 0 bridgehead atoms. The molecule has 0 amide bonds. The zero-order chi connectivity index (χ0) is 27.9. The second kappa shape index (κ2) is 30.5. The molecule has 0 spiro atoms. The summed E-state index contributed by atoms with van der Waals surface area (Å²) in [6, 6.07) is 0. The lowest BCUT2D eigenvalue weighted by atomic mass is 10.0. The van der Waals surface area contributed by atoms with E-state index in [0.717, 1.165) is 25.7 Å². The standard InChI is InChI=1S/C34H66O4/c1-4-6-8-10-12-14-16-17-19-20-22-24-26-28-33(35)37-31-30-32(3)38-34(36)29-27-25-23-21-18-15-13-11-9-7-5-2/h32H,4-31H2,1-3H3. The van der Waals surface area contributed by atoms with E-state index in [-0.39, 0.29) is 18.0 Å². The fourth-order valence-corrected chi connectivity index (χ4v) is 4.97. The predicted molar refractivity (Wildman–Crippen MR) is 163 cm³/mol. The summed E-state index contributed by atoms with van der Waals surface area (Å²) in [5.74, 6) is -0.237. The first-order valence-corrected chi connectivity index (χ1v) is 16.9. The van der Waals surface area contributed by atoms with Crippen molar-refractivity contribution in [3.8, 4) is 0 Å². The molecule has 0 fully saturated rings. The lowest BCUT2D eigenvalue weighted by molar-refractivity contribution is -0.150. The van der Waals surface area contributed by atoms with Crippen LogP contribution in [0.1, 0.15) is 194 Å². The van der Waals surface area contributed by atoms with Crippen LogP contribution >= 0.6 is 0 Å². The molecule has 4 heteroatoms. The van der Waals surface area contributed by atoms with Gasteiger partial charge in [-0.2, -0.15) is 0 Å². The monoisotopic (exact) mass is 538 g/mol. The van der Waals surface area contributed by atoms with Gasteiger partial charge < -0.3 is 9.47 Å². The van der Waals surface area contributed by atoms with Gasteiger partial charge in [-0.1, -0.05) is 155 Å². The van der Waals surface area contributed by atoms with E-state index in [9.17, 15) is 9.59 Å². The number of esters is 2. The van der Waals surface area contributed by atoms with E-state index in [0.29, 0.717) is 25.9 Å². The van der Waals surface area contributed by atoms with Crippen LogP contribution in [0, 0.1) is 0 Å². The van der Waals surface area contributed by atoms with E-state index in [1.54, 1.807) is 0 Å². The smallest absolute Gasteiger partial charge is 0.306 e. The number of rotatable bonds is 30. The Bertz CT molecular complexity index is 505. The summed E-state index contributed by atoms with van der Waals surface area (Å²) in [7, 11) is 0. The highest BCUT2D eigenvalue weighted by molar-refractivity contribution is 5.69. The van der Waals surface area contributed by atoms with Crippen LogP contribution in [-0.2, 0) is 19.1 Å². The van der Waals surface area contributed by atoms with Crippen LogP contribution in [0.15, 0.2) is 0 Å². The summed E-state index contributed by atoms with van der Waals surface area (Å²) in [5.41, 5.74) is 0. The SMILES string of the molecule is CCCCCCCCCCCCCCCC(=O)OCCC(C)OC(=O)CCCCCCCCCCCCC. The molecule has 226 valence electrons. The molecule has 0 rings (SSSR count). The van der Waals surface area contributed by atoms with Crippen molar-refractivity contribution >= 4 is 11.9 Å². The topological polar surface area (TPSA) is 52.6 Å². The van der Waals surface area contributed by atoms with E-state index in [1.807, 2.05) is 6.92 Å². The zero-order valence-electron chi connectivity index (χ0n) is 26.0. The molecule has 0 aliphatic rings. The van der Waals surface area contributed by atoms with Crippen LogP contribution in [0.5, 0.6) is 0 Å². The maximum absolute atomic E-state index is 12.0. The summed E-state index contributed by atoms with van der Waals surface area (Å²) in [6.45, 7) is 6.75. The molecule has 0 aliphatic carbocycles. The number of carbonyl (C=O) groups excluding carboxylic acids is 2. The van der Waals surface area contributed by atoms with Crippen LogP contribution < -0.4 is 0 Å². The first-order chi connectivity index (χ1) is 18.6. The second-order valence-electron chi connectivity index (χ2n) is 11.6. The Morgan fingerprint density at radius 1 is 0.474 bits per heavy atom. The van der Waals surface area contributed by atoms with Crippen LogP contribution in [0.3, 0.4) is 0 Å². The third kappa shape index (κ3) is 29.5. The summed E-state index contributed by atoms with van der Waals surface area (Å²) in [4.78, 5) is 24.0. The van der Waals surface area contributed by atoms with E-state index >= 15 is 0 Å². The Morgan fingerprint density at radius 3 is 1.16 bits per heavy atom. The molecule has 0 aliphatic heterocycles. The first-order valence-electron chi connectivity index (χ1n) is 16.9. The summed E-state index contributed by atoms with van der Waals surface area (Å²) >= 11 is 0. The molecule has 1 unspecified atom stereocenters. The minimum atomic E-state index is -0.195. The van der Waals surface area contributed by atoms with Crippen molar-refractivity contribution in [2.75, 3.05) is 6.61 Å². The minimum absolute atomic E-state index is 0.118. The highest BCUT2D eigenvalue weighted by Gasteiger charge is 2.11. The van der Waals surface area contributed by atoms with Crippen LogP contribution in [0.25, 0.3) is 0 Å². The van der Waals surface area contributed by atoms with Crippen molar-refractivity contribution in [1.29, 1.82) is 0 Å². The highest BCUT2D eigenvalue weighted by Crippen LogP contribution is 2.14. The third-order valence-corrected chi connectivity index (χ3v) is 7.59. The van der Waals surface area contributed by atoms with Gasteiger partial charge in [-0.3, -0.25) is 9.59 Å². The Labute approximate surface area is 237 Å². The zero-order valence-corrected chi connectivity index (χ0v) is 26.0. The van der Waals surface area contributed by atoms with Gasteiger partial charge in [0, 0.05) is 19.3 Å². The van der Waals surface area contributed by atoms with Gasteiger partial charge >= 0.3 is 11.9 Å². The van der Waals surface area contributed by atoms with Crippen molar-refractivity contribution in [2.24, 2.45) is 0 Å². The molecule has 0 aromatic carbocycles. The largest absolute Gasteiger partial charge is 0.466 e. The molecule has 0 heterocycles. The fraction of sp³-hybridized carbons (Fsp3) is 0.941. The molecule has 0 radical (unpaired) electrons. The maximum Gasteiger partial charge on any atom is 0.306 e. The number of unbranched alkanes of at least 4 members (excludes halogenated alkanes) is 22.